The van der Waals surface area contributed by atoms with Crippen molar-refractivity contribution in [3.63, 3.8) is 0 Å². The number of rotatable bonds is 3. The molecule has 0 amide bonds. The molecule has 4 rings (SSSR count). The number of H-pyrrole nitrogens is 1. The summed E-state index contributed by atoms with van der Waals surface area (Å²) in [6, 6.07) is 10.2. The maximum Gasteiger partial charge on any atom is 0.208 e. The van der Waals surface area contributed by atoms with E-state index < -0.39 is 9.84 Å². The van der Waals surface area contributed by atoms with E-state index in [1.807, 2.05) is 18.2 Å². The Morgan fingerprint density at radius 3 is 2.46 bits per heavy atom. The first-order valence-electron chi connectivity index (χ1n) is 8.24. The minimum Gasteiger partial charge on any atom is -0.369 e. The summed E-state index contributed by atoms with van der Waals surface area (Å²) in [5.74, 6) is 0. The fraction of sp³-hybridized carbons (Fsp3) is 0.222. The summed E-state index contributed by atoms with van der Waals surface area (Å²) in [4.78, 5) is 5.66. The monoisotopic (exact) mass is 409 g/mol. The molecule has 136 valence electrons. The Labute approximate surface area is 161 Å². The first kappa shape index (κ1) is 17.7. The lowest BCUT2D eigenvalue weighted by molar-refractivity contribution is 0.589. The van der Waals surface area contributed by atoms with Gasteiger partial charge >= 0.3 is 0 Å². The molecule has 26 heavy (non-hydrogen) atoms. The van der Waals surface area contributed by atoms with Gasteiger partial charge in [0, 0.05) is 49.0 Å². The van der Waals surface area contributed by atoms with E-state index in [-0.39, 0.29) is 14.8 Å². The highest BCUT2D eigenvalue weighted by Gasteiger charge is 2.23. The molecular formula is C18H17Cl2N3O2S. The van der Waals surface area contributed by atoms with E-state index >= 15 is 0 Å². The fourth-order valence-corrected chi connectivity index (χ4v) is 5.01. The molecule has 0 spiro atoms. The number of benzene rings is 2. The Balaban J connectivity index is 1.81. The minimum atomic E-state index is -3.71. The second-order valence-corrected chi connectivity index (χ2v) is 8.93. The van der Waals surface area contributed by atoms with E-state index in [1.54, 1.807) is 0 Å². The lowest BCUT2D eigenvalue weighted by Gasteiger charge is -2.29. The average molecular weight is 410 g/mol. The van der Waals surface area contributed by atoms with Gasteiger partial charge in [0.05, 0.1) is 19.8 Å². The van der Waals surface area contributed by atoms with Crippen molar-refractivity contribution in [3.05, 3.63) is 52.6 Å². The number of hydrogen-bond donors (Lipinski definition) is 2. The van der Waals surface area contributed by atoms with Crippen LogP contribution in [0.5, 0.6) is 0 Å². The number of anilines is 1. The van der Waals surface area contributed by atoms with Gasteiger partial charge in [0.25, 0.3) is 0 Å². The number of nitrogens with zero attached hydrogens (tertiary/aromatic N) is 1. The zero-order valence-electron chi connectivity index (χ0n) is 13.8. The number of aromatic amines is 1. The predicted octanol–water partition coefficient (Wildman–Crippen LogP) is 3.72. The number of halogens is 2. The number of hydrogen-bond acceptors (Lipinski definition) is 4. The molecule has 0 atom stereocenters. The fourth-order valence-electron chi connectivity index (χ4n) is 3.20. The molecule has 5 nitrogen and oxygen atoms in total. The van der Waals surface area contributed by atoms with E-state index in [2.05, 4.69) is 15.2 Å². The first-order chi connectivity index (χ1) is 12.5. The largest absolute Gasteiger partial charge is 0.369 e. The van der Waals surface area contributed by atoms with Crippen molar-refractivity contribution in [3.8, 4) is 0 Å². The smallest absolute Gasteiger partial charge is 0.208 e. The predicted molar refractivity (Wildman–Crippen MR) is 105 cm³/mol. The summed E-state index contributed by atoms with van der Waals surface area (Å²) in [6.45, 7) is 3.62. The second-order valence-electron chi connectivity index (χ2n) is 6.20. The minimum absolute atomic E-state index is 0.125. The second kappa shape index (κ2) is 6.78. The van der Waals surface area contributed by atoms with E-state index in [9.17, 15) is 8.42 Å². The van der Waals surface area contributed by atoms with Crippen molar-refractivity contribution >= 4 is 49.6 Å². The van der Waals surface area contributed by atoms with Crippen LogP contribution in [0, 0.1) is 0 Å². The van der Waals surface area contributed by atoms with Crippen molar-refractivity contribution in [2.45, 2.75) is 9.79 Å². The maximum absolute atomic E-state index is 13.1. The SMILES string of the molecule is O=S(=O)(c1ccc(Cl)c(Cl)c1)c1c[nH]c2ccc(N3CCNCC3)cc12. The van der Waals surface area contributed by atoms with Crippen LogP contribution in [0.15, 0.2) is 52.4 Å². The Morgan fingerprint density at radius 2 is 1.73 bits per heavy atom. The quantitative estimate of drug-likeness (QED) is 0.691. The topological polar surface area (TPSA) is 65.2 Å². The number of aromatic nitrogens is 1. The van der Waals surface area contributed by atoms with Crippen LogP contribution in [0.2, 0.25) is 10.0 Å². The maximum atomic E-state index is 13.1. The summed E-state index contributed by atoms with van der Waals surface area (Å²) in [7, 11) is -3.71. The lowest BCUT2D eigenvalue weighted by atomic mass is 10.2. The van der Waals surface area contributed by atoms with Crippen LogP contribution in [-0.2, 0) is 9.84 Å². The Kier molecular flexibility index (Phi) is 4.61. The molecule has 0 radical (unpaired) electrons. The Morgan fingerprint density at radius 1 is 0.962 bits per heavy atom. The van der Waals surface area contributed by atoms with Crippen LogP contribution in [0.4, 0.5) is 5.69 Å². The summed E-state index contributed by atoms with van der Waals surface area (Å²) < 4.78 is 26.2. The third-order valence-corrected chi connectivity index (χ3v) is 7.13. The van der Waals surface area contributed by atoms with Crippen molar-refractivity contribution in [1.29, 1.82) is 0 Å². The third kappa shape index (κ3) is 3.07. The summed E-state index contributed by atoms with van der Waals surface area (Å²) in [5, 5.41) is 4.53. The molecule has 2 aromatic carbocycles. The Hall–Kier alpha value is -1.73. The molecule has 2 N–H and O–H groups in total. The zero-order valence-corrected chi connectivity index (χ0v) is 16.1. The third-order valence-electron chi connectivity index (χ3n) is 4.60. The standard InChI is InChI=1S/C18H17Cl2N3O2S/c19-15-3-2-13(10-16(15)20)26(24,25)18-11-22-17-4-1-12(9-14(17)18)23-7-5-21-6-8-23/h1-4,9-11,21-22H,5-8H2. The number of fused-ring (bicyclic) bond motifs is 1. The van der Waals surface area contributed by atoms with Crippen LogP contribution in [-0.4, -0.2) is 39.6 Å². The van der Waals surface area contributed by atoms with Gasteiger partial charge in [0.15, 0.2) is 0 Å². The van der Waals surface area contributed by atoms with Crippen LogP contribution in [0.25, 0.3) is 10.9 Å². The normalized spacial score (nSPS) is 15.5. The van der Waals surface area contributed by atoms with Gasteiger partial charge in [-0.15, -0.1) is 0 Å². The van der Waals surface area contributed by atoms with Crippen molar-refractivity contribution in [2.24, 2.45) is 0 Å². The van der Waals surface area contributed by atoms with E-state index in [0.717, 1.165) is 37.4 Å². The molecule has 2 heterocycles. The molecule has 1 aromatic heterocycles. The van der Waals surface area contributed by atoms with E-state index in [1.165, 1.54) is 24.4 Å². The lowest BCUT2D eigenvalue weighted by Crippen LogP contribution is -2.43. The van der Waals surface area contributed by atoms with Crippen LogP contribution in [0.1, 0.15) is 0 Å². The van der Waals surface area contributed by atoms with Crippen LogP contribution in [0.3, 0.4) is 0 Å². The van der Waals surface area contributed by atoms with Gasteiger partial charge in [0.2, 0.25) is 9.84 Å². The average Bonchev–Trinajstić information content (AvgIpc) is 3.08. The molecule has 0 saturated carbocycles. The van der Waals surface area contributed by atoms with E-state index in [4.69, 9.17) is 23.2 Å². The number of sulfone groups is 1. The van der Waals surface area contributed by atoms with Gasteiger partial charge in [-0.1, -0.05) is 23.2 Å². The van der Waals surface area contributed by atoms with Gasteiger partial charge in [-0.3, -0.25) is 0 Å². The molecule has 8 heteroatoms. The van der Waals surface area contributed by atoms with E-state index in [0.29, 0.717) is 10.4 Å². The van der Waals surface area contributed by atoms with Crippen molar-refractivity contribution in [2.75, 3.05) is 31.1 Å². The molecule has 0 unspecified atom stereocenters. The van der Waals surface area contributed by atoms with Gasteiger partial charge in [-0.2, -0.15) is 0 Å². The van der Waals surface area contributed by atoms with Gasteiger partial charge < -0.3 is 15.2 Å². The highest BCUT2D eigenvalue weighted by Crippen LogP contribution is 2.33. The molecule has 0 aliphatic carbocycles. The molecule has 3 aromatic rings. The molecule has 1 saturated heterocycles. The molecule has 1 fully saturated rings. The highest BCUT2D eigenvalue weighted by atomic mass is 35.5. The van der Waals surface area contributed by atoms with Gasteiger partial charge in [0.1, 0.15) is 0 Å². The molecule has 1 aliphatic rings. The first-order valence-corrected chi connectivity index (χ1v) is 10.5. The van der Waals surface area contributed by atoms with Crippen molar-refractivity contribution < 1.29 is 8.42 Å². The highest BCUT2D eigenvalue weighted by molar-refractivity contribution is 7.91. The summed E-state index contributed by atoms with van der Waals surface area (Å²) in [5.41, 5.74) is 1.80. The zero-order chi connectivity index (χ0) is 18.3. The van der Waals surface area contributed by atoms with Crippen LogP contribution < -0.4 is 10.2 Å². The van der Waals surface area contributed by atoms with Gasteiger partial charge in [-0.25, -0.2) is 8.42 Å². The van der Waals surface area contributed by atoms with Gasteiger partial charge in [-0.05, 0) is 36.4 Å². The van der Waals surface area contributed by atoms with Crippen molar-refractivity contribution in [1.82, 2.24) is 10.3 Å². The van der Waals surface area contributed by atoms with Crippen LogP contribution >= 0.6 is 23.2 Å². The molecule has 1 aliphatic heterocycles. The number of nitrogens with one attached hydrogen (secondary N) is 2. The number of piperazine rings is 1. The summed E-state index contributed by atoms with van der Waals surface area (Å²) in [6.07, 6.45) is 1.53. The summed E-state index contributed by atoms with van der Waals surface area (Å²) >= 11 is 11.9. The molecule has 0 bridgehead atoms. The molecular weight excluding hydrogens is 393 g/mol. The Bertz CT molecular complexity index is 1070.